The second-order valence-corrected chi connectivity index (χ2v) is 4.31. The summed E-state index contributed by atoms with van der Waals surface area (Å²) in [5, 5.41) is 13.6. The highest BCUT2D eigenvalue weighted by atomic mass is 16.5. The predicted molar refractivity (Wildman–Crippen MR) is 77.3 cm³/mol. The molecule has 0 spiro atoms. The molecule has 0 aliphatic carbocycles. The first-order valence-electron chi connectivity index (χ1n) is 6.11. The molecule has 2 aromatic rings. The maximum atomic E-state index is 10.9. The number of carbonyl (C=O) groups excluding carboxylic acids is 1. The van der Waals surface area contributed by atoms with Crippen LogP contribution in [0.2, 0.25) is 0 Å². The second-order valence-electron chi connectivity index (χ2n) is 4.31. The number of aromatic nitrogens is 2. The van der Waals surface area contributed by atoms with Crippen LogP contribution in [-0.4, -0.2) is 23.2 Å². The summed E-state index contributed by atoms with van der Waals surface area (Å²) in [5.41, 5.74) is 1.92. The van der Waals surface area contributed by atoms with Crippen LogP contribution in [0.1, 0.15) is 12.5 Å². The van der Waals surface area contributed by atoms with E-state index in [0.29, 0.717) is 11.6 Å². The number of benzene rings is 1. The Morgan fingerprint density at radius 1 is 1.15 bits per heavy atom. The number of hydrogen-bond donors (Lipinski definition) is 2. The highest BCUT2D eigenvalue weighted by Gasteiger charge is 2.05. The lowest BCUT2D eigenvalue weighted by Crippen LogP contribution is -2.08. The number of amides is 1. The van der Waals surface area contributed by atoms with Crippen molar-refractivity contribution in [1.82, 2.24) is 10.2 Å². The van der Waals surface area contributed by atoms with E-state index in [0.717, 1.165) is 17.0 Å². The van der Waals surface area contributed by atoms with E-state index in [1.165, 1.54) is 6.92 Å². The Morgan fingerprint density at radius 2 is 1.85 bits per heavy atom. The molecule has 104 valence electrons. The van der Waals surface area contributed by atoms with Crippen molar-refractivity contribution in [2.75, 3.05) is 17.7 Å². The molecule has 1 aromatic heterocycles. The molecule has 6 heteroatoms. The van der Waals surface area contributed by atoms with E-state index in [-0.39, 0.29) is 5.91 Å². The van der Waals surface area contributed by atoms with Crippen LogP contribution >= 0.6 is 0 Å². The van der Waals surface area contributed by atoms with E-state index in [1.54, 1.807) is 19.2 Å². The fourth-order valence-corrected chi connectivity index (χ4v) is 1.70. The van der Waals surface area contributed by atoms with Gasteiger partial charge in [0.2, 0.25) is 5.91 Å². The van der Waals surface area contributed by atoms with Crippen molar-refractivity contribution in [1.29, 1.82) is 0 Å². The Hall–Kier alpha value is -2.63. The maximum absolute atomic E-state index is 10.9. The van der Waals surface area contributed by atoms with Crippen molar-refractivity contribution >= 4 is 23.2 Å². The molecule has 0 atom stereocenters. The van der Waals surface area contributed by atoms with E-state index in [2.05, 4.69) is 20.8 Å². The fourth-order valence-electron chi connectivity index (χ4n) is 1.70. The molecule has 0 unspecified atom stereocenters. The van der Waals surface area contributed by atoms with Crippen LogP contribution in [0.5, 0.6) is 5.75 Å². The summed E-state index contributed by atoms with van der Waals surface area (Å²) >= 11 is 0. The molecule has 0 aliphatic rings. The third-order valence-corrected chi connectivity index (χ3v) is 2.59. The average molecular weight is 272 g/mol. The summed E-state index contributed by atoms with van der Waals surface area (Å²) in [6.07, 6.45) is 0. The number of ether oxygens (including phenoxy) is 1. The van der Waals surface area contributed by atoms with E-state index < -0.39 is 0 Å². The normalized spacial score (nSPS) is 9.95. The topological polar surface area (TPSA) is 76.1 Å². The van der Waals surface area contributed by atoms with Crippen molar-refractivity contribution in [2.45, 2.75) is 13.8 Å². The number of rotatable bonds is 4. The summed E-state index contributed by atoms with van der Waals surface area (Å²) in [7, 11) is 1.61. The maximum Gasteiger partial charge on any atom is 0.222 e. The minimum absolute atomic E-state index is 0.180. The van der Waals surface area contributed by atoms with Gasteiger partial charge in [-0.15, -0.1) is 10.2 Å². The Morgan fingerprint density at radius 3 is 2.45 bits per heavy atom. The fraction of sp³-hybridized carbons (Fsp3) is 0.214. The Bertz CT molecular complexity index is 611. The van der Waals surface area contributed by atoms with Crippen molar-refractivity contribution in [3.05, 3.63) is 35.9 Å². The first-order chi connectivity index (χ1) is 9.58. The zero-order valence-electron chi connectivity index (χ0n) is 11.6. The van der Waals surface area contributed by atoms with Crippen LogP contribution < -0.4 is 15.4 Å². The highest BCUT2D eigenvalue weighted by Crippen LogP contribution is 2.27. The molecule has 20 heavy (non-hydrogen) atoms. The predicted octanol–water partition coefficient (Wildman–Crippen LogP) is 2.50. The molecule has 0 saturated heterocycles. The van der Waals surface area contributed by atoms with Gasteiger partial charge in [0, 0.05) is 6.92 Å². The molecule has 1 amide bonds. The SMILES string of the molecule is COc1ccc(C)cc1Nc1ccc(NC(C)=O)nn1. The van der Waals surface area contributed by atoms with E-state index >= 15 is 0 Å². The van der Waals surface area contributed by atoms with Gasteiger partial charge < -0.3 is 15.4 Å². The van der Waals surface area contributed by atoms with Gasteiger partial charge in [-0.25, -0.2) is 0 Å². The van der Waals surface area contributed by atoms with E-state index in [1.807, 2.05) is 25.1 Å². The van der Waals surface area contributed by atoms with Crippen molar-refractivity contribution in [2.24, 2.45) is 0 Å². The number of nitrogens with one attached hydrogen (secondary N) is 2. The Kier molecular flexibility index (Phi) is 4.14. The molecule has 2 rings (SSSR count). The molecule has 6 nitrogen and oxygen atoms in total. The lowest BCUT2D eigenvalue weighted by Gasteiger charge is -2.11. The Balaban J connectivity index is 2.17. The monoisotopic (exact) mass is 272 g/mol. The van der Waals surface area contributed by atoms with E-state index in [9.17, 15) is 4.79 Å². The van der Waals surface area contributed by atoms with Crippen LogP contribution in [-0.2, 0) is 4.79 Å². The highest BCUT2D eigenvalue weighted by molar-refractivity contribution is 5.87. The average Bonchev–Trinajstić information content (AvgIpc) is 2.41. The molecule has 1 aromatic carbocycles. The quantitative estimate of drug-likeness (QED) is 0.894. The van der Waals surface area contributed by atoms with Gasteiger partial charge in [-0.2, -0.15) is 0 Å². The molecule has 1 heterocycles. The molecular formula is C14H16N4O2. The van der Waals surface area contributed by atoms with Crippen molar-refractivity contribution in [3.63, 3.8) is 0 Å². The summed E-state index contributed by atoms with van der Waals surface area (Å²) in [6.45, 7) is 3.42. The van der Waals surface area contributed by atoms with Crippen molar-refractivity contribution in [3.8, 4) is 5.75 Å². The first-order valence-corrected chi connectivity index (χ1v) is 6.11. The molecular weight excluding hydrogens is 256 g/mol. The zero-order chi connectivity index (χ0) is 14.5. The van der Waals surface area contributed by atoms with Gasteiger partial charge >= 0.3 is 0 Å². The Labute approximate surface area is 117 Å². The number of aryl methyl sites for hydroxylation is 1. The van der Waals surface area contributed by atoms with Crippen LogP contribution in [0.4, 0.5) is 17.3 Å². The van der Waals surface area contributed by atoms with Gasteiger partial charge in [0.15, 0.2) is 11.6 Å². The summed E-state index contributed by atoms with van der Waals surface area (Å²) in [4.78, 5) is 10.9. The lowest BCUT2D eigenvalue weighted by molar-refractivity contribution is -0.114. The molecule has 0 bridgehead atoms. The first kappa shape index (κ1) is 13.8. The van der Waals surface area contributed by atoms with Gasteiger partial charge in [0.1, 0.15) is 5.75 Å². The molecule has 0 saturated carbocycles. The largest absolute Gasteiger partial charge is 0.495 e. The summed E-state index contributed by atoms with van der Waals surface area (Å²) in [6, 6.07) is 9.23. The lowest BCUT2D eigenvalue weighted by atomic mass is 10.2. The van der Waals surface area contributed by atoms with Gasteiger partial charge in [0.25, 0.3) is 0 Å². The molecule has 2 N–H and O–H groups in total. The van der Waals surface area contributed by atoms with Crippen LogP contribution in [0.15, 0.2) is 30.3 Å². The third kappa shape index (κ3) is 3.44. The number of carbonyl (C=O) groups is 1. The number of nitrogens with zero attached hydrogens (tertiary/aromatic N) is 2. The van der Waals surface area contributed by atoms with Crippen molar-refractivity contribution < 1.29 is 9.53 Å². The van der Waals surface area contributed by atoms with Gasteiger partial charge in [0.05, 0.1) is 12.8 Å². The zero-order valence-corrected chi connectivity index (χ0v) is 11.6. The summed E-state index contributed by atoms with van der Waals surface area (Å²) in [5.74, 6) is 1.53. The van der Waals surface area contributed by atoms with Gasteiger partial charge in [-0.1, -0.05) is 6.07 Å². The molecule has 0 aliphatic heterocycles. The molecule has 0 fully saturated rings. The smallest absolute Gasteiger partial charge is 0.222 e. The minimum atomic E-state index is -0.180. The van der Waals surface area contributed by atoms with Gasteiger partial charge in [-0.3, -0.25) is 4.79 Å². The van der Waals surface area contributed by atoms with Crippen LogP contribution in [0, 0.1) is 6.92 Å². The third-order valence-electron chi connectivity index (χ3n) is 2.59. The number of anilines is 3. The summed E-state index contributed by atoms with van der Waals surface area (Å²) < 4.78 is 5.28. The minimum Gasteiger partial charge on any atom is -0.495 e. The number of methoxy groups -OCH3 is 1. The van der Waals surface area contributed by atoms with Crippen LogP contribution in [0.3, 0.4) is 0 Å². The molecule has 0 radical (unpaired) electrons. The van der Waals surface area contributed by atoms with Crippen LogP contribution in [0.25, 0.3) is 0 Å². The number of hydrogen-bond acceptors (Lipinski definition) is 5. The standard InChI is InChI=1S/C14H16N4O2/c1-9-4-5-12(20-3)11(8-9)16-14-7-6-13(17-18-14)15-10(2)19/h4-8H,1-3H3,(H,16,18)(H,15,17,19). The van der Waals surface area contributed by atoms with E-state index in [4.69, 9.17) is 4.74 Å². The second kappa shape index (κ2) is 6.01. The van der Waals surface area contributed by atoms with Gasteiger partial charge in [-0.05, 0) is 36.8 Å².